The standard InChI is InChI=1S/C16H15F2NO2/c17-14-4-1-11(2-5-14)7-8-19-10-13-9-12(16(20)21)3-6-15(13)18/h1-6,9,19H,7-8,10H2,(H,20,21). The van der Waals surface area contributed by atoms with Crippen LogP contribution in [0.4, 0.5) is 8.78 Å². The van der Waals surface area contributed by atoms with Crippen LogP contribution in [-0.2, 0) is 13.0 Å². The Balaban J connectivity index is 1.87. The number of rotatable bonds is 6. The van der Waals surface area contributed by atoms with Crippen molar-refractivity contribution in [2.45, 2.75) is 13.0 Å². The number of aromatic carboxylic acids is 1. The van der Waals surface area contributed by atoms with E-state index in [9.17, 15) is 13.6 Å². The molecule has 2 N–H and O–H groups in total. The van der Waals surface area contributed by atoms with Crippen LogP contribution in [-0.4, -0.2) is 17.6 Å². The molecule has 0 spiro atoms. The van der Waals surface area contributed by atoms with E-state index >= 15 is 0 Å². The third-order valence-electron chi connectivity index (χ3n) is 3.11. The second-order valence-electron chi connectivity index (χ2n) is 4.66. The molecule has 0 amide bonds. The number of carbonyl (C=O) groups is 1. The van der Waals surface area contributed by atoms with Crippen molar-refractivity contribution in [1.82, 2.24) is 5.32 Å². The zero-order valence-electron chi connectivity index (χ0n) is 11.3. The largest absolute Gasteiger partial charge is 0.478 e. The van der Waals surface area contributed by atoms with E-state index in [1.165, 1.54) is 24.3 Å². The van der Waals surface area contributed by atoms with Crippen molar-refractivity contribution < 1.29 is 18.7 Å². The molecule has 0 saturated heterocycles. The first-order valence-corrected chi connectivity index (χ1v) is 6.53. The molecule has 0 unspecified atom stereocenters. The number of carboxylic acid groups (broad SMARTS) is 1. The summed E-state index contributed by atoms with van der Waals surface area (Å²) < 4.78 is 26.3. The molecule has 0 aromatic heterocycles. The Kier molecular flexibility index (Phi) is 5.00. The highest BCUT2D eigenvalue weighted by atomic mass is 19.1. The first-order valence-electron chi connectivity index (χ1n) is 6.53. The fourth-order valence-corrected chi connectivity index (χ4v) is 1.95. The van der Waals surface area contributed by atoms with E-state index < -0.39 is 11.8 Å². The Morgan fingerprint density at radius 2 is 1.81 bits per heavy atom. The third kappa shape index (κ3) is 4.36. The maximum atomic E-state index is 13.6. The van der Waals surface area contributed by atoms with E-state index in [1.807, 2.05) is 0 Å². The number of hydrogen-bond donors (Lipinski definition) is 2. The fraction of sp³-hybridized carbons (Fsp3) is 0.188. The van der Waals surface area contributed by atoms with Crippen LogP contribution < -0.4 is 5.32 Å². The SMILES string of the molecule is O=C(O)c1ccc(F)c(CNCCc2ccc(F)cc2)c1. The molecule has 0 aliphatic rings. The smallest absolute Gasteiger partial charge is 0.335 e. The molecule has 3 nitrogen and oxygen atoms in total. The van der Waals surface area contributed by atoms with Gasteiger partial charge >= 0.3 is 5.97 Å². The number of benzene rings is 2. The molecule has 0 fully saturated rings. The molecule has 2 rings (SSSR count). The van der Waals surface area contributed by atoms with Crippen molar-refractivity contribution >= 4 is 5.97 Å². The Bertz CT molecular complexity index is 627. The van der Waals surface area contributed by atoms with E-state index in [-0.39, 0.29) is 17.9 Å². The summed E-state index contributed by atoms with van der Waals surface area (Å²) in [4.78, 5) is 10.8. The minimum absolute atomic E-state index is 0.0618. The molecule has 2 aromatic carbocycles. The van der Waals surface area contributed by atoms with Gasteiger partial charge in [-0.15, -0.1) is 0 Å². The molecule has 21 heavy (non-hydrogen) atoms. The van der Waals surface area contributed by atoms with Crippen LogP contribution in [0.1, 0.15) is 21.5 Å². The number of nitrogens with one attached hydrogen (secondary N) is 1. The maximum absolute atomic E-state index is 13.6. The highest BCUT2D eigenvalue weighted by molar-refractivity contribution is 5.87. The average Bonchev–Trinajstić information content (AvgIpc) is 2.47. The minimum atomic E-state index is -1.08. The summed E-state index contributed by atoms with van der Waals surface area (Å²) in [7, 11) is 0. The van der Waals surface area contributed by atoms with Gasteiger partial charge < -0.3 is 10.4 Å². The molecular weight excluding hydrogens is 276 g/mol. The lowest BCUT2D eigenvalue weighted by molar-refractivity contribution is 0.0696. The van der Waals surface area contributed by atoms with Gasteiger partial charge in [-0.1, -0.05) is 12.1 Å². The van der Waals surface area contributed by atoms with Crippen molar-refractivity contribution in [1.29, 1.82) is 0 Å². The molecule has 0 radical (unpaired) electrons. The average molecular weight is 291 g/mol. The van der Waals surface area contributed by atoms with Crippen LogP contribution in [0, 0.1) is 11.6 Å². The van der Waals surface area contributed by atoms with Crippen molar-refractivity contribution in [3.05, 3.63) is 70.8 Å². The predicted molar refractivity (Wildman–Crippen MR) is 75.2 cm³/mol. The number of halogens is 2. The van der Waals surface area contributed by atoms with E-state index in [0.717, 1.165) is 11.6 Å². The highest BCUT2D eigenvalue weighted by Gasteiger charge is 2.08. The second kappa shape index (κ2) is 6.95. The Morgan fingerprint density at radius 1 is 1.10 bits per heavy atom. The summed E-state index contributed by atoms with van der Waals surface area (Å²) in [5.74, 6) is -1.80. The monoisotopic (exact) mass is 291 g/mol. The molecule has 0 bridgehead atoms. The van der Waals surface area contributed by atoms with Crippen LogP contribution in [0.5, 0.6) is 0 Å². The van der Waals surface area contributed by atoms with Gasteiger partial charge in [0, 0.05) is 12.1 Å². The molecule has 0 aliphatic heterocycles. The van der Waals surface area contributed by atoms with Crippen molar-refractivity contribution in [3.63, 3.8) is 0 Å². The molecule has 5 heteroatoms. The van der Waals surface area contributed by atoms with Crippen LogP contribution in [0.2, 0.25) is 0 Å². The quantitative estimate of drug-likeness (QED) is 0.804. The lowest BCUT2D eigenvalue weighted by Gasteiger charge is -2.07. The summed E-state index contributed by atoms with van der Waals surface area (Å²) in [6, 6.07) is 9.89. The number of hydrogen-bond acceptors (Lipinski definition) is 2. The first kappa shape index (κ1) is 15.1. The molecule has 0 aliphatic carbocycles. The minimum Gasteiger partial charge on any atom is -0.478 e. The van der Waals surface area contributed by atoms with Crippen LogP contribution in [0.3, 0.4) is 0 Å². The summed E-state index contributed by atoms with van der Waals surface area (Å²) in [6.07, 6.45) is 0.681. The summed E-state index contributed by atoms with van der Waals surface area (Å²) >= 11 is 0. The van der Waals surface area contributed by atoms with Gasteiger partial charge in [0.2, 0.25) is 0 Å². The van der Waals surface area contributed by atoms with Gasteiger partial charge in [-0.2, -0.15) is 0 Å². The van der Waals surface area contributed by atoms with E-state index in [0.29, 0.717) is 18.5 Å². The van der Waals surface area contributed by atoms with Crippen LogP contribution >= 0.6 is 0 Å². The van der Waals surface area contributed by atoms with E-state index in [4.69, 9.17) is 5.11 Å². The van der Waals surface area contributed by atoms with Gasteiger partial charge in [0.15, 0.2) is 0 Å². The van der Waals surface area contributed by atoms with Crippen molar-refractivity contribution in [2.24, 2.45) is 0 Å². The molecule has 0 heterocycles. The van der Waals surface area contributed by atoms with Gasteiger partial charge in [-0.05, 0) is 48.9 Å². The molecular formula is C16H15F2NO2. The van der Waals surface area contributed by atoms with Gasteiger partial charge in [0.25, 0.3) is 0 Å². The lowest BCUT2D eigenvalue weighted by atomic mass is 10.1. The molecule has 110 valence electrons. The molecule has 2 aromatic rings. The van der Waals surface area contributed by atoms with Gasteiger partial charge in [0.1, 0.15) is 11.6 Å². The van der Waals surface area contributed by atoms with Crippen molar-refractivity contribution in [3.8, 4) is 0 Å². The summed E-state index contributed by atoms with van der Waals surface area (Å²) in [6.45, 7) is 0.830. The van der Waals surface area contributed by atoms with Crippen LogP contribution in [0.15, 0.2) is 42.5 Å². The summed E-state index contributed by atoms with van der Waals surface area (Å²) in [5.41, 5.74) is 1.35. The van der Waals surface area contributed by atoms with Crippen LogP contribution in [0.25, 0.3) is 0 Å². The van der Waals surface area contributed by atoms with Gasteiger partial charge in [-0.3, -0.25) is 0 Å². The topological polar surface area (TPSA) is 49.3 Å². The Labute approximate surface area is 121 Å². The van der Waals surface area contributed by atoms with E-state index in [2.05, 4.69) is 5.32 Å². The zero-order chi connectivity index (χ0) is 15.2. The summed E-state index contributed by atoms with van der Waals surface area (Å²) in [5, 5.41) is 11.9. The Hall–Kier alpha value is -2.27. The van der Waals surface area contributed by atoms with E-state index in [1.54, 1.807) is 12.1 Å². The van der Waals surface area contributed by atoms with Gasteiger partial charge in [0.05, 0.1) is 5.56 Å². The first-order chi connectivity index (χ1) is 10.1. The third-order valence-corrected chi connectivity index (χ3v) is 3.11. The number of carboxylic acids is 1. The highest BCUT2D eigenvalue weighted by Crippen LogP contribution is 2.11. The lowest BCUT2D eigenvalue weighted by Crippen LogP contribution is -2.18. The second-order valence-corrected chi connectivity index (χ2v) is 4.66. The zero-order valence-corrected chi connectivity index (χ0v) is 11.3. The van der Waals surface area contributed by atoms with Crippen molar-refractivity contribution in [2.75, 3.05) is 6.54 Å². The van der Waals surface area contributed by atoms with Gasteiger partial charge in [-0.25, -0.2) is 13.6 Å². The molecule has 0 atom stereocenters. The maximum Gasteiger partial charge on any atom is 0.335 e. The predicted octanol–water partition coefficient (Wildman–Crippen LogP) is 3.00. The Morgan fingerprint density at radius 3 is 2.48 bits per heavy atom. The fourth-order valence-electron chi connectivity index (χ4n) is 1.95. The molecule has 0 saturated carbocycles. The normalized spacial score (nSPS) is 10.6.